The van der Waals surface area contributed by atoms with Crippen LogP contribution in [0.3, 0.4) is 0 Å². The van der Waals surface area contributed by atoms with Crippen molar-refractivity contribution in [3.63, 3.8) is 0 Å². The topological polar surface area (TPSA) is 80.6 Å². The Balaban J connectivity index is 1.39. The fraction of sp³-hybridized carbons (Fsp3) is 0.214. The van der Waals surface area contributed by atoms with Gasteiger partial charge >= 0.3 is 0 Å². The van der Waals surface area contributed by atoms with E-state index in [-0.39, 0.29) is 23.7 Å². The molecule has 0 unspecified atom stereocenters. The molecule has 0 atom stereocenters. The lowest BCUT2D eigenvalue weighted by atomic mass is 9.86. The molecule has 174 valence electrons. The Morgan fingerprint density at radius 1 is 0.882 bits per heavy atom. The molecular weight excluding hydrogens is 428 g/mol. The largest absolute Gasteiger partial charge is 0.497 e. The number of ether oxygens (including phenoxy) is 1. The minimum atomic E-state index is -0.234. The Morgan fingerprint density at radius 2 is 1.53 bits per heavy atom. The normalized spacial score (nSPS) is 11.3. The number of hydrogen-bond acceptors (Lipinski definition) is 4. The Morgan fingerprint density at radius 3 is 2.18 bits per heavy atom. The van der Waals surface area contributed by atoms with Gasteiger partial charge in [-0.25, -0.2) is 0 Å². The molecule has 0 aliphatic carbocycles. The van der Waals surface area contributed by atoms with Gasteiger partial charge in [0.1, 0.15) is 11.3 Å². The van der Waals surface area contributed by atoms with E-state index in [0.717, 1.165) is 22.3 Å². The van der Waals surface area contributed by atoms with E-state index in [4.69, 9.17) is 9.15 Å². The van der Waals surface area contributed by atoms with E-state index in [1.807, 2.05) is 6.07 Å². The summed E-state index contributed by atoms with van der Waals surface area (Å²) in [6.07, 6.45) is 1.84. The third-order valence-electron chi connectivity index (χ3n) is 5.65. The van der Waals surface area contributed by atoms with Crippen LogP contribution in [0.2, 0.25) is 0 Å². The highest BCUT2D eigenvalue weighted by Gasteiger charge is 2.17. The van der Waals surface area contributed by atoms with Crippen LogP contribution in [0.25, 0.3) is 11.0 Å². The van der Waals surface area contributed by atoms with E-state index in [2.05, 4.69) is 43.5 Å². The highest BCUT2D eigenvalue weighted by atomic mass is 16.5. The van der Waals surface area contributed by atoms with Crippen LogP contribution in [-0.2, 0) is 16.6 Å². The molecule has 0 saturated carbocycles. The van der Waals surface area contributed by atoms with Crippen LogP contribution < -0.4 is 15.4 Å². The second-order valence-electron chi connectivity index (χ2n) is 9.21. The molecule has 0 aliphatic rings. The first kappa shape index (κ1) is 23.1. The number of furan rings is 1. The zero-order valence-corrected chi connectivity index (χ0v) is 19.8. The smallest absolute Gasteiger partial charge is 0.255 e. The molecule has 1 aromatic heterocycles. The van der Waals surface area contributed by atoms with Gasteiger partial charge in [0.25, 0.3) is 5.91 Å². The number of methoxy groups -OCH3 is 1. The van der Waals surface area contributed by atoms with Crippen molar-refractivity contribution in [2.24, 2.45) is 0 Å². The van der Waals surface area contributed by atoms with Crippen LogP contribution in [0.1, 0.15) is 42.3 Å². The standard InChI is InChI=1S/C28H28N2O4/c1-28(2,3)20-7-14-25-24(16-20)19(17-34-25)15-26(31)29-21-8-5-18(6-9-21)27(32)30-22-10-12-23(33-4)13-11-22/h5-14,16-17H,15H2,1-4H3,(H,29,31)(H,30,32). The summed E-state index contributed by atoms with van der Waals surface area (Å²) in [5, 5.41) is 6.68. The molecule has 0 spiro atoms. The lowest BCUT2D eigenvalue weighted by molar-refractivity contribution is -0.115. The SMILES string of the molecule is COc1ccc(NC(=O)c2ccc(NC(=O)Cc3coc4ccc(C(C)(C)C)cc34)cc2)cc1. The molecule has 2 N–H and O–H groups in total. The summed E-state index contributed by atoms with van der Waals surface area (Å²) in [6, 6.07) is 20.0. The van der Waals surface area contributed by atoms with Gasteiger partial charge in [0.15, 0.2) is 0 Å². The molecule has 34 heavy (non-hydrogen) atoms. The maximum atomic E-state index is 12.7. The van der Waals surface area contributed by atoms with E-state index in [1.165, 1.54) is 5.56 Å². The summed E-state index contributed by atoms with van der Waals surface area (Å²) < 4.78 is 10.8. The molecule has 2 amide bonds. The number of nitrogens with one attached hydrogen (secondary N) is 2. The number of anilines is 2. The molecule has 0 radical (unpaired) electrons. The highest BCUT2D eigenvalue weighted by Crippen LogP contribution is 2.29. The molecule has 0 saturated heterocycles. The quantitative estimate of drug-likeness (QED) is 0.363. The van der Waals surface area contributed by atoms with Crippen LogP contribution >= 0.6 is 0 Å². The third-order valence-corrected chi connectivity index (χ3v) is 5.65. The summed E-state index contributed by atoms with van der Waals surface area (Å²) in [7, 11) is 1.59. The fourth-order valence-corrected chi connectivity index (χ4v) is 3.65. The van der Waals surface area contributed by atoms with Crippen LogP contribution in [0.5, 0.6) is 5.75 Å². The first-order valence-corrected chi connectivity index (χ1v) is 11.1. The van der Waals surface area contributed by atoms with Crippen LogP contribution in [-0.4, -0.2) is 18.9 Å². The maximum absolute atomic E-state index is 12.7. The molecular formula is C28H28N2O4. The van der Waals surface area contributed by atoms with Gasteiger partial charge in [-0.2, -0.15) is 0 Å². The summed E-state index contributed by atoms with van der Waals surface area (Å²) in [5.41, 5.74) is 4.58. The van der Waals surface area contributed by atoms with Crippen molar-refractivity contribution >= 4 is 34.2 Å². The number of amides is 2. The summed E-state index contributed by atoms with van der Waals surface area (Å²) in [5.74, 6) is 0.331. The first-order chi connectivity index (χ1) is 16.2. The van der Waals surface area contributed by atoms with Crippen molar-refractivity contribution in [2.45, 2.75) is 32.6 Å². The zero-order valence-electron chi connectivity index (χ0n) is 19.8. The molecule has 4 rings (SSSR count). The van der Waals surface area contributed by atoms with Crippen molar-refractivity contribution in [3.8, 4) is 5.75 Å². The van der Waals surface area contributed by atoms with E-state index in [9.17, 15) is 9.59 Å². The number of benzene rings is 3. The first-order valence-electron chi connectivity index (χ1n) is 11.1. The Labute approximate surface area is 198 Å². The van der Waals surface area contributed by atoms with E-state index in [1.54, 1.807) is 61.9 Å². The molecule has 3 aromatic carbocycles. The van der Waals surface area contributed by atoms with Crippen molar-refractivity contribution in [2.75, 3.05) is 17.7 Å². The molecule has 0 bridgehead atoms. The van der Waals surface area contributed by atoms with Crippen LogP contribution in [0.15, 0.2) is 77.4 Å². The average molecular weight is 457 g/mol. The second kappa shape index (κ2) is 9.43. The molecule has 4 aromatic rings. The molecule has 0 fully saturated rings. The minimum Gasteiger partial charge on any atom is -0.497 e. The molecule has 0 aliphatic heterocycles. The molecule has 6 heteroatoms. The third kappa shape index (κ3) is 5.29. The van der Waals surface area contributed by atoms with E-state index in [0.29, 0.717) is 16.9 Å². The Hall–Kier alpha value is -4.06. The lowest BCUT2D eigenvalue weighted by Gasteiger charge is -2.18. The van der Waals surface area contributed by atoms with Crippen LogP contribution in [0, 0.1) is 0 Å². The van der Waals surface area contributed by atoms with Crippen molar-refractivity contribution in [1.82, 2.24) is 0 Å². The summed E-state index contributed by atoms with van der Waals surface area (Å²) in [6.45, 7) is 6.46. The van der Waals surface area contributed by atoms with Gasteiger partial charge in [-0.05, 0) is 71.6 Å². The van der Waals surface area contributed by atoms with Crippen molar-refractivity contribution in [3.05, 3.63) is 89.7 Å². The van der Waals surface area contributed by atoms with Gasteiger partial charge in [0.2, 0.25) is 5.91 Å². The number of hydrogen-bond donors (Lipinski definition) is 2. The molecule has 1 heterocycles. The highest BCUT2D eigenvalue weighted by molar-refractivity contribution is 6.04. The number of rotatable bonds is 6. The number of carbonyl (C=O) groups is 2. The summed E-state index contributed by atoms with van der Waals surface area (Å²) >= 11 is 0. The van der Waals surface area contributed by atoms with Crippen molar-refractivity contribution in [1.29, 1.82) is 0 Å². The van der Waals surface area contributed by atoms with E-state index < -0.39 is 0 Å². The van der Waals surface area contributed by atoms with Gasteiger partial charge in [0.05, 0.1) is 19.8 Å². The summed E-state index contributed by atoms with van der Waals surface area (Å²) in [4.78, 5) is 25.2. The number of fused-ring (bicyclic) bond motifs is 1. The molecule has 6 nitrogen and oxygen atoms in total. The van der Waals surface area contributed by atoms with Gasteiger partial charge in [-0.15, -0.1) is 0 Å². The lowest BCUT2D eigenvalue weighted by Crippen LogP contribution is -2.15. The van der Waals surface area contributed by atoms with Crippen LogP contribution in [0.4, 0.5) is 11.4 Å². The number of carbonyl (C=O) groups excluding carboxylic acids is 2. The Bertz CT molecular complexity index is 1310. The van der Waals surface area contributed by atoms with Gasteiger partial charge in [0, 0.05) is 27.9 Å². The zero-order chi connectivity index (χ0) is 24.3. The van der Waals surface area contributed by atoms with Gasteiger partial charge in [-0.3, -0.25) is 9.59 Å². The van der Waals surface area contributed by atoms with Gasteiger partial charge < -0.3 is 19.8 Å². The predicted octanol–water partition coefficient (Wildman–Crippen LogP) is 6.17. The van der Waals surface area contributed by atoms with Gasteiger partial charge in [-0.1, -0.05) is 26.8 Å². The monoisotopic (exact) mass is 456 g/mol. The minimum absolute atomic E-state index is 0.00635. The average Bonchev–Trinajstić information content (AvgIpc) is 3.21. The van der Waals surface area contributed by atoms with Crippen molar-refractivity contribution < 1.29 is 18.7 Å². The fourth-order valence-electron chi connectivity index (χ4n) is 3.65. The maximum Gasteiger partial charge on any atom is 0.255 e. The van der Waals surface area contributed by atoms with E-state index >= 15 is 0 Å². The Kier molecular flexibility index (Phi) is 6.41. The second-order valence-corrected chi connectivity index (χ2v) is 9.21. The predicted molar refractivity (Wildman–Crippen MR) is 135 cm³/mol.